The Bertz CT molecular complexity index is 1720. The number of hydrogen-bond donors (Lipinski definition) is 3. The number of nitrogens with zero attached hydrogens (tertiary/aromatic N) is 1. The van der Waals surface area contributed by atoms with Crippen molar-refractivity contribution in [1.82, 2.24) is 4.98 Å². The maximum absolute atomic E-state index is 13.1. The lowest BCUT2D eigenvalue weighted by atomic mass is 9.98. The minimum atomic E-state index is -5.24. The third kappa shape index (κ3) is 3.84. The number of carbonyl (C=O) groups is 2. The van der Waals surface area contributed by atoms with E-state index in [1.54, 1.807) is 0 Å². The molecule has 33 heavy (non-hydrogen) atoms. The topological polar surface area (TPSA) is 210 Å². The number of fused-ring (bicyclic) bond motifs is 2. The highest BCUT2D eigenvalue weighted by Crippen LogP contribution is 2.39. The van der Waals surface area contributed by atoms with Gasteiger partial charge >= 0.3 is 0 Å². The van der Waals surface area contributed by atoms with Crippen LogP contribution in [-0.4, -0.2) is 55.5 Å². The van der Waals surface area contributed by atoms with Crippen LogP contribution in [0, 0.1) is 0 Å². The Labute approximate surface area is 186 Å². The summed E-state index contributed by atoms with van der Waals surface area (Å²) in [6, 6.07) is 7.21. The number of carbonyl (C=O) groups excluding carboxylic acids is 2. The second-order valence-corrected chi connectivity index (χ2v) is 11.2. The van der Waals surface area contributed by atoms with E-state index in [2.05, 4.69) is 4.98 Å². The Balaban J connectivity index is 2.03. The number of para-hydroxylation sites is 1. The van der Waals surface area contributed by atoms with Crippen LogP contribution in [0.25, 0.3) is 10.9 Å². The molecule has 4 rings (SSSR count). The Kier molecular flexibility index (Phi) is 5.04. The van der Waals surface area contributed by atoms with E-state index in [1.165, 1.54) is 24.3 Å². The summed E-state index contributed by atoms with van der Waals surface area (Å²) in [6.07, 6.45) is 0. The van der Waals surface area contributed by atoms with Crippen molar-refractivity contribution in [3.63, 3.8) is 0 Å². The van der Waals surface area contributed by atoms with E-state index in [-0.39, 0.29) is 10.9 Å². The average Bonchev–Trinajstić information content (AvgIpc) is 2.94. The van der Waals surface area contributed by atoms with Gasteiger partial charge in [-0.25, -0.2) is 0 Å². The first-order valence-electron chi connectivity index (χ1n) is 8.69. The third-order valence-corrected chi connectivity index (χ3v) is 7.56. The summed E-state index contributed by atoms with van der Waals surface area (Å²) >= 11 is 0. The molecule has 0 amide bonds. The van der Waals surface area contributed by atoms with Crippen molar-refractivity contribution >= 4 is 52.8 Å². The van der Waals surface area contributed by atoms with Crippen molar-refractivity contribution in [1.29, 1.82) is 0 Å². The van der Waals surface area contributed by atoms with Crippen molar-refractivity contribution in [2.45, 2.75) is 20.6 Å². The molecule has 3 aromatic rings. The maximum atomic E-state index is 13.1. The van der Waals surface area contributed by atoms with Crippen molar-refractivity contribution in [2.75, 3.05) is 0 Å². The molecule has 1 aromatic heterocycles. The van der Waals surface area contributed by atoms with Crippen molar-refractivity contribution in [3.05, 3.63) is 59.3 Å². The average molecular weight is 513 g/mol. The summed E-state index contributed by atoms with van der Waals surface area (Å²) in [5, 5.41) is -0.0218. The largest absolute Gasteiger partial charge is 0.295 e. The molecule has 0 spiro atoms. The Morgan fingerprint density at radius 1 is 0.727 bits per heavy atom. The molecule has 0 fully saturated rings. The summed E-state index contributed by atoms with van der Waals surface area (Å²) in [7, 11) is -15.1. The van der Waals surface area contributed by atoms with Gasteiger partial charge in [-0.3, -0.25) is 28.2 Å². The van der Waals surface area contributed by atoms with E-state index in [0.29, 0.717) is 12.1 Å². The summed E-state index contributed by atoms with van der Waals surface area (Å²) in [5.41, 5.74) is -2.07. The van der Waals surface area contributed by atoms with E-state index >= 15 is 0 Å². The number of benzene rings is 2. The summed E-state index contributed by atoms with van der Waals surface area (Å²) in [5.74, 6) is -4.29. The van der Waals surface area contributed by atoms with Gasteiger partial charge in [0.25, 0.3) is 30.4 Å². The highest BCUT2D eigenvalue weighted by molar-refractivity contribution is 7.86. The summed E-state index contributed by atoms with van der Waals surface area (Å²) < 4.78 is 98.8. The fourth-order valence-corrected chi connectivity index (χ4v) is 5.68. The van der Waals surface area contributed by atoms with Gasteiger partial charge in [0.2, 0.25) is 0 Å². The highest BCUT2D eigenvalue weighted by atomic mass is 32.2. The number of rotatable bonds is 4. The lowest BCUT2D eigenvalue weighted by molar-refractivity contribution is 0.0886. The summed E-state index contributed by atoms with van der Waals surface area (Å²) in [4.78, 5) is 27.2. The molecule has 0 saturated carbocycles. The van der Waals surface area contributed by atoms with Gasteiger partial charge < -0.3 is 0 Å². The number of pyridine rings is 1. The second-order valence-electron chi connectivity index (χ2n) is 6.99. The predicted molar refractivity (Wildman–Crippen MR) is 109 cm³/mol. The molecule has 1 aliphatic rings. The molecule has 0 radical (unpaired) electrons. The van der Waals surface area contributed by atoms with Crippen LogP contribution in [0.15, 0.2) is 57.2 Å². The number of aromatic nitrogens is 1. The van der Waals surface area contributed by atoms with Crippen LogP contribution in [0.3, 0.4) is 0 Å². The lowest BCUT2D eigenvalue weighted by Crippen LogP contribution is -2.16. The van der Waals surface area contributed by atoms with Crippen LogP contribution in [0.1, 0.15) is 32.3 Å². The number of ketones is 2. The molecule has 12 nitrogen and oxygen atoms in total. The molecule has 1 atom stereocenters. The maximum Gasteiger partial charge on any atom is 0.295 e. The lowest BCUT2D eigenvalue weighted by Gasteiger charge is -2.11. The van der Waals surface area contributed by atoms with E-state index < -0.39 is 79.3 Å². The van der Waals surface area contributed by atoms with Gasteiger partial charge in [-0.05, 0) is 24.3 Å². The van der Waals surface area contributed by atoms with Crippen LogP contribution < -0.4 is 0 Å². The molecule has 0 bridgehead atoms. The van der Waals surface area contributed by atoms with Crippen LogP contribution >= 0.6 is 0 Å². The molecule has 2 aromatic carbocycles. The van der Waals surface area contributed by atoms with Crippen molar-refractivity contribution < 1.29 is 48.5 Å². The number of Topliss-reactive ketones (excluding diaryl/α,β-unsaturated/α-hetero) is 2. The van der Waals surface area contributed by atoms with Gasteiger partial charge in [0.15, 0.2) is 11.6 Å². The zero-order chi connectivity index (χ0) is 24.5. The van der Waals surface area contributed by atoms with Gasteiger partial charge in [-0.2, -0.15) is 25.3 Å². The van der Waals surface area contributed by atoms with E-state index in [0.717, 1.165) is 6.07 Å². The molecule has 1 heterocycles. The van der Waals surface area contributed by atoms with Crippen molar-refractivity contribution in [3.8, 4) is 0 Å². The van der Waals surface area contributed by atoms with Crippen LogP contribution in [0.4, 0.5) is 0 Å². The van der Waals surface area contributed by atoms with Gasteiger partial charge in [-0.15, -0.1) is 0 Å². The molecule has 1 aliphatic carbocycles. The standard InChI is InChI=1S/C18H11NO11S3/c20-17-10-5-8(31(22,23)24)6-14(33(28,29)30)15(10)18(21)16(17)12-7-13(32(25,26)27)9-3-1-2-4-11(9)19-12/h1-7,16H,(H,22,23,24)(H,25,26,27)(H,28,29,30). The Morgan fingerprint density at radius 2 is 1.33 bits per heavy atom. The Morgan fingerprint density at radius 3 is 1.91 bits per heavy atom. The minimum absolute atomic E-state index is 0.0205. The Hall–Kier alpha value is -3.08. The van der Waals surface area contributed by atoms with E-state index in [4.69, 9.17) is 0 Å². The molecule has 0 saturated heterocycles. The van der Waals surface area contributed by atoms with Crippen LogP contribution in [0.2, 0.25) is 0 Å². The predicted octanol–water partition coefficient (Wildman–Crippen LogP) is 1.14. The van der Waals surface area contributed by atoms with Crippen LogP contribution in [-0.2, 0) is 30.4 Å². The zero-order valence-corrected chi connectivity index (χ0v) is 18.3. The molecule has 0 aliphatic heterocycles. The normalized spacial score (nSPS) is 16.9. The quantitative estimate of drug-likeness (QED) is 0.331. The minimum Gasteiger partial charge on any atom is -0.293 e. The molecule has 1 unspecified atom stereocenters. The molecule has 3 N–H and O–H groups in total. The number of hydrogen-bond acceptors (Lipinski definition) is 9. The monoisotopic (exact) mass is 513 g/mol. The molecular weight excluding hydrogens is 502 g/mol. The van der Waals surface area contributed by atoms with Gasteiger partial charge in [0, 0.05) is 10.9 Å². The fourth-order valence-electron chi connectivity index (χ4n) is 3.60. The van der Waals surface area contributed by atoms with E-state index in [1.807, 2.05) is 0 Å². The SMILES string of the molecule is O=C1c2cc(S(=O)(=O)O)cc(S(=O)(=O)O)c2C(=O)C1c1cc(S(=O)(=O)O)c2ccccc2n1. The van der Waals surface area contributed by atoms with Gasteiger partial charge in [-0.1, -0.05) is 18.2 Å². The van der Waals surface area contributed by atoms with Crippen LogP contribution in [0.5, 0.6) is 0 Å². The molecular formula is C18H11NO11S3. The molecule has 15 heteroatoms. The smallest absolute Gasteiger partial charge is 0.293 e. The van der Waals surface area contributed by atoms with Gasteiger partial charge in [0.1, 0.15) is 15.7 Å². The summed E-state index contributed by atoms with van der Waals surface area (Å²) in [6.45, 7) is 0. The molecule has 172 valence electrons. The zero-order valence-electron chi connectivity index (χ0n) is 15.9. The first-order valence-corrected chi connectivity index (χ1v) is 13.0. The second kappa shape index (κ2) is 7.21. The van der Waals surface area contributed by atoms with Crippen molar-refractivity contribution in [2.24, 2.45) is 0 Å². The van der Waals surface area contributed by atoms with Gasteiger partial charge in [0.05, 0.1) is 21.7 Å². The first-order chi connectivity index (χ1) is 15.1. The van der Waals surface area contributed by atoms with E-state index in [9.17, 15) is 48.5 Å². The fraction of sp³-hybridized carbons (Fsp3) is 0.0556. The third-order valence-electron chi connectivity index (χ3n) is 4.96. The highest BCUT2D eigenvalue weighted by Gasteiger charge is 2.45. The first kappa shape index (κ1) is 23.1.